The number of rotatable bonds is 6. The average molecular weight is 358 g/mol. The third-order valence-electron chi connectivity index (χ3n) is 4.18. The molecular weight excluding hydrogens is 336 g/mol. The second-order valence-corrected chi connectivity index (χ2v) is 6.17. The highest BCUT2D eigenvalue weighted by molar-refractivity contribution is 5.93. The Labute approximate surface area is 159 Å². The average Bonchev–Trinajstić information content (AvgIpc) is 2.72. The molecule has 136 valence electrons. The van der Waals surface area contributed by atoms with Gasteiger partial charge >= 0.3 is 0 Å². The number of anilines is 1. The number of benzene rings is 3. The molecule has 0 aliphatic heterocycles. The summed E-state index contributed by atoms with van der Waals surface area (Å²) in [6, 6.07) is 25.4. The molecule has 0 radical (unpaired) electrons. The molecule has 3 aromatic carbocycles. The van der Waals surface area contributed by atoms with E-state index >= 15 is 0 Å². The number of hydrogen-bond donors (Lipinski definition) is 0. The molecule has 27 heavy (non-hydrogen) atoms. The summed E-state index contributed by atoms with van der Waals surface area (Å²) >= 11 is 0. The third-order valence-corrected chi connectivity index (χ3v) is 4.18. The van der Waals surface area contributed by atoms with Gasteiger partial charge in [-0.3, -0.25) is 9.79 Å². The van der Waals surface area contributed by atoms with Gasteiger partial charge in [0.2, 0.25) is 5.91 Å². The highest BCUT2D eigenvalue weighted by Gasteiger charge is 2.13. The molecule has 1 amide bonds. The van der Waals surface area contributed by atoms with Gasteiger partial charge in [0, 0.05) is 20.2 Å². The Balaban J connectivity index is 1.84. The van der Waals surface area contributed by atoms with Crippen LogP contribution in [0.3, 0.4) is 0 Å². The van der Waals surface area contributed by atoms with Crippen molar-refractivity contribution in [3.8, 4) is 5.75 Å². The van der Waals surface area contributed by atoms with Crippen molar-refractivity contribution in [2.24, 2.45) is 4.99 Å². The van der Waals surface area contributed by atoms with Gasteiger partial charge in [0.1, 0.15) is 12.4 Å². The van der Waals surface area contributed by atoms with Gasteiger partial charge < -0.3 is 9.64 Å². The highest BCUT2D eigenvalue weighted by atomic mass is 16.5. The molecule has 4 nitrogen and oxygen atoms in total. The molecule has 0 atom stereocenters. The standard InChI is InChI=1S/C23H22N2O2/c1-18(26)25(2)22-15-21(24-16-19-9-5-3-6-10-19)13-14-23(22)27-17-20-11-7-4-8-12-20/h3-16H,17H2,1-2H3. The molecule has 3 aromatic rings. The van der Waals surface area contributed by atoms with E-state index in [9.17, 15) is 4.79 Å². The van der Waals surface area contributed by atoms with Gasteiger partial charge in [-0.2, -0.15) is 0 Å². The number of aliphatic imine (C=N–C) groups is 1. The van der Waals surface area contributed by atoms with Crippen LogP contribution in [0.25, 0.3) is 0 Å². The van der Waals surface area contributed by atoms with E-state index in [1.165, 1.54) is 6.92 Å². The second-order valence-electron chi connectivity index (χ2n) is 6.17. The van der Waals surface area contributed by atoms with Crippen LogP contribution in [0.4, 0.5) is 11.4 Å². The number of amides is 1. The molecule has 0 bridgehead atoms. The molecule has 0 heterocycles. The summed E-state index contributed by atoms with van der Waals surface area (Å²) in [6.07, 6.45) is 1.80. The predicted octanol–water partition coefficient (Wildman–Crippen LogP) is 5.00. The van der Waals surface area contributed by atoms with Crippen LogP contribution in [0.2, 0.25) is 0 Å². The highest BCUT2D eigenvalue weighted by Crippen LogP contribution is 2.32. The topological polar surface area (TPSA) is 41.9 Å². The number of hydrogen-bond acceptors (Lipinski definition) is 3. The number of nitrogens with zero attached hydrogens (tertiary/aromatic N) is 2. The molecule has 0 spiro atoms. The van der Waals surface area contributed by atoms with Crippen molar-refractivity contribution < 1.29 is 9.53 Å². The Morgan fingerprint density at radius 3 is 2.33 bits per heavy atom. The fourth-order valence-corrected chi connectivity index (χ4v) is 2.56. The molecule has 0 unspecified atom stereocenters. The Morgan fingerprint density at radius 2 is 1.67 bits per heavy atom. The van der Waals surface area contributed by atoms with E-state index in [-0.39, 0.29) is 5.91 Å². The Bertz CT molecular complexity index is 922. The van der Waals surface area contributed by atoms with Crippen LogP contribution >= 0.6 is 0 Å². The third kappa shape index (κ3) is 5.05. The summed E-state index contributed by atoms with van der Waals surface area (Å²) in [7, 11) is 1.73. The quantitative estimate of drug-likeness (QED) is 0.582. The van der Waals surface area contributed by atoms with Gasteiger partial charge in [0.25, 0.3) is 0 Å². The van der Waals surface area contributed by atoms with E-state index in [1.807, 2.05) is 78.9 Å². The van der Waals surface area contributed by atoms with Crippen molar-refractivity contribution in [3.63, 3.8) is 0 Å². The number of carbonyl (C=O) groups is 1. The van der Waals surface area contributed by atoms with Crippen LogP contribution in [-0.2, 0) is 11.4 Å². The molecule has 4 heteroatoms. The molecule has 3 rings (SSSR count). The summed E-state index contributed by atoms with van der Waals surface area (Å²) in [5, 5.41) is 0. The van der Waals surface area contributed by atoms with E-state index in [1.54, 1.807) is 18.2 Å². The minimum Gasteiger partial charge on any atom is -0.487 e. The maximum atomic E-state index is 11.9. The van der Waals surface area contributed by atoms with Crippen LogP contribution in [0, 0.1) is 0 Å². The van der Waals surface area contributed by atoms with Crippen molar-refractivity contribution >= 4 is 23.5 Å². The van der Waals surface area contributed by atoms with Gasteiger partial charge in [-0.05, 0) is 29.3 Å². The van der Waals surface area contributed by atoms with Crippen molar-refractivity contribution in [2.75, 3.05) is 11.9 Å². The Kier molecular flexibility index (Phi) is 6.00. The molecule has 0 saturated heterocycles. The van der Waals surface area contributed by atoms with Crippen molar-refractivity contribution in [3.05, 3.63) is 90.0 Å². The largest absolute Gasteiger partial charge is 0.487 e. The minimum atomic E-state index is -0.0660. The first-order chi connectivity index (χ1) is 13.1. The first kappa shape index (κ1) is 18.4. The normalized spacial score (nSPS) is 10.7. The van der Waals surface area contributed by atoms with Crippen molar-refractivity contribution in [1.29, 1.82) is 0 Å². The van der Waals surface area contributed by atoms with E-state index in [2.05, 4.69) is 4.99 Å². The minimum absolute atomic E-state index is 0.0660. The molecule has 0 aliphatic carbocycles. The molecular formula is C23H22N2O2. The van der Waals surface area contributed by atoms with E-state index in [0.29, 0.717) is 18.0 Å². The zero-order valence-corrected chi connectivity index (χ0v) is 15.5. The fourth-order valence-electron chi connectivity index (χ4n) is 2.56. The second kappa shape index (κ2) is 8.81. The lowest BCUT2D eigenvalue weighted by Crippen LogP contribution is -2.23. The first-order valence-electron chi connectivity index (χ1n) is 8.77. The summed E-state index contributed by atoms with van der Waals surface area (Å²) < 4.78 is 5.97. The maximum absolute atomic E-state index is 11.9. The summed E-state index contributed by atoms with van der Waals surface area (Å²) in [5.74, 6) is 0.582. The molecule has 0 N–H and O–H groups in total. The lowest BCUT2D eigenvalue weighted by molar-refractivity contribution is -0.116. The fraction of sp³-hybridized carbons (Fsp3) is 0.130. The molecule has 0 aromatic heterocycles. The summed E-state index contributed by atoms with van der Waals surface area (Å²) in [6.45, 7) is 1.97. The van der Waals surface area contributed by atoms with Crippen LogP contribution in [0.15, 0.2) is 83.9 Å². The van der Waals surface area contributed by atoms with Gasteiger partial charge in [0.15, 0.2) is 0 Å². The zero-order valence-electron chi connectivity index (χ0n) is 15.5. The first-order valence-corrected chi connectivity index (χ1v) is 8.77. The monoisotopic (exact) mass is 358 g/mol. The zero-order chi connectivity index (χ0) is 19.1. The van der Waals surface area contributed by atoms with E-state index in [4.69, 9.17) is 4.74 Å². The molecule has 0 fully saturated rings. The maximum Gasteiger partial charge on any atom is 0.223 e. The van der Waals surface area contributed by atoms with Crippen LogP contribution in [0.5, 0.6) is 5.75 Å². The van der Waals surface area contributed by atoms with Crippen LogP contribution in [0.1, 0.15) is 18.1 Å². The summed E-state index contributed by atoms with van der Waals surface area (Å²) in [5.41, 5.74) is 3.54. The molecule has 0 aliphatic rings. The predicted molar refractivity (Wildman–Crippen MR) is 110 cm³/mol. The molecule has 0 saturated carbocycles. The van der Waals surface area contributed by atoms with E-state index < -0.39 is 0 Å². The van der Waals surface area contributed by atoms with Crippen LogP contribution in [-0.4, -0.2) is 19.2 Å². The van der Waals surface area contributed by atoms with Crippen molar-refractivity contribution in [2.45, 2.75) is 13.5 Å². The smallest absolute Gasteiger partial charge is 0.223 e. The number of carbonyl (C=O) groups excluding carboxylic acids is 1. The number of ether oxygens (including phenoxy) is 1. The van der Waals surface area contributed by atoms with Gasteiger partial charge in [-0.1, -0.05) is 60.7 Å². The van der Waals surface area contributed by atoms with E-state index in [0.717, 1.165) is 16.8 Å². The lowest BCUT2D eigenvalue weighted by atomic mass is 10.2. The lowest BCUT2D eigenvalue weighted by Gasteiger charge is -2.20. The van der Waals surface area contributed by atoms with Gasteiger partial charge in [-0.25, -0.2) is 0 Å². The van der Waals surface area contributed by atoms with Gasteiger partial charge in [-0.15, -0.1) is 0 Å². The SMILES string of the molecule is CC(=O)N(C)c1cc(N=Cc2ccccc2)ccc1OCc1ccccc1. The Hall–Kier alpha value is -3.40. The van der Waals surface area contributed by atoms with Crippen LogP contribution < -0.4 is 9.64 Å². The summed E-state index contributed by atoms with van der Waals surface area (Å²) in [4.78, 5) is 18.0. The van der Waals surface area contributed by atoms with Crippen molar-refractivity contribution in [1.82, 2.24) is 0 Å². The Morgan fingerprint density at radius 1 is 1.00 bits per heavy atom. The van der Waals surface area contributed by atoms with Gasteiger partial charge in [0.05, 0.1) is 11.4 Å².